The normalized spacial score (nSPS) is 19.0. The van der Waals surface area contributed by atoms with Crippen LogP contribution in [0.5, 0.6) is 0 Å². The van der Waals surface area contributed by atoms with Crippen LogP contribution in [-0.4, -0.2) is 17.7 Å². The summed E-state index contributed by atoms with van der Waals surface area (Å²) in [5.41, 5.74) is -1.07. The lowest BCUT2D eigenvalue weighted by Gasteiger charge is -2.29. The Hall–Kier alpha value is -2.05. The molecule has 3 nitrogen and oxygen atoms in total. The summed E-state index contributed by atoms with van der Waals surface area (Å²) in [6.45, 7) is 5.65. The van der Waals surface area contributed by atoms with E-state index in [9.17, 15) is 18.0 Å². The molecular formula is C22H20Cl2F3NO2. The Morgan fingerprint density at radius 3 is 2.33 bits per heavy atom. The van der Waals surface area contributed by atoms with Crippen LogP contribution >= 0.6 is 23.2 Å². The molecule has 0 aromatic heterocycles. The van der Waals surface area contributed by atoms with Crippen molar-refractivity contribution in [2.24, 2.45) is 11.1 Å². The first-order chi connectivity index (χ1) is 13.9. The highest BCUT2D eigenvalue weighted by Gasteiger charge is 2.62. The number of hydrogen-bond donors (Lipinski definition) is 0. The third-order valence-corrected chi connectivity index (χ3v) is 5.40. The molecule has 8 heteroatoms. The summed E-state index contributed by atoms with van der Waals surface area (Å²) in [6.07, 6.45) is -4.89. The van der Waals surface area contributed by atoms with E-state index < -0.39 is 18.2 Å². The highest BCUT2D eigenvalue weighted by Crippen LogP contribution is 2.49. The first kappa shape index (κ1) is 22.6. The van der Waals surface area contributed by atoms with Gasteiger partial charge in [-0.15, -0.1) is 0 Å². The first-order valence-corrected chi connectivity index (χ1v) is 10.1. The third-order valence-electron chi connectivity index (χ3n) is 4.97. The summed E-state index contributed by atoms with van der Waals surface area (Å²) in [5, 5.41) is 3.89. The molecule has 0 bridgehead atoms. The summed E-state index contributed by atoms with van der Waals surface area (Å²) in [6, 6.07) is 8.59. The zero-order valence-electron chi connectivity index (χ0n) is 16.6. The number of benzene rings is 2. The number of hydrogen-bond acceptors (Lipinski definition) is 3. The van der Waals surface area contributed by atoms with Crippen LogP contribution in [0, 0.1) is 12.8 Å². The SMILES string of the molecule is Cc1cc(C2=NOC(c3cc(Cl)cc(Cl)c3)(C(F)(F)F)C2)ccc1C(=O)CC(C)C. The van der Waals surface area contributed by atoms with Gasteiger partial charge in [-0.3, -0.25) is 4.79 Å². The van der Waals surface area contributed by atoms with Gasteiger partial charge in [0.15, 0.2) is 5.78 Å². The minimum absolute atomic E-state index is 0.00290. The van der Waals surface area contributed by atoms with Crippen LogP contribution in [-0.2, 0) is 10.4 Å². The van der Waals surface area contributed by atoms with Crippen LogP contribution in [0.4, 0.5) is 13.2 Å². The second-order valence-corrected chi connectivity index (χ2v) is 8.71. The number of carbonyl (C=O) groups is 1. The van der Waals surface area contributed by atoms with Crippen molar-refractivity contribution in [1.82, 2.24) is 0 Å². The van der Waals surface area contributed by atoms with E-state index in [0.717, 1.165) is 0 Å². The zero-order chi connectivity index (χ0) is 22.3. The molecule has 0 spiro atoms. The largest absolute Gasteiger partial charge is 0.435 e. The van der Waals surface area contributed by atoms with E-state index in [1.165, 1.54) is 18.2 Å². The van der Waals surface area contributed by atoms with E-state index in [4.69, 9.17) is 28.0 Å². The highest BCUT2D eigenvalue weighted by atomic mass is 35.5. The number of halogens is 5. The van der Waals surface area contributed by atoms with Gasteiger partial charge in [0.25, 0.3) is 5.60 Å². The fourth-order valence-electron chi connectivity index (χ4n) is 3.48. The van der Waals surface area contributed by atoms with E-state index in [0.29, 0.717) is 23.1 Å². The number of alkyl halides is 3. The molecule has 0 N–H and O–H groups in total. The Morgan fingerprint density at radius 2 is 1.80 bits per heavy atom. The van der Waals surface area contributed by atoms with E-state index in [1.54, 1.807) is 25.1 Å². The van der Waals surface area contributed by atoms with Crippen molar-refractivity contribution in [1.29, 1.82) is 0 Å². The standard InChI is InChI=1S/C22H20Cl2F3NO2/c1-12(2)6-20(29)18-5-4-14(7-13(18)3)19-11-21(30-28-19,22(25,26)27)15-8-16(23)10-17(24)9-15/h4-5,7-10,12H,6,11H2,1-3H3. The van der Waals surface area contributed by atoms with Crippen LogP contribution in [0.25, 0.3) is 0 Å². The van der Waals surface area contributed by atoms with Crippen LogP contribution in [0.1, 0.15) is 53.7 Å². The monoisotopic (exact) mass is 457 g/mol. The number of ketones is 1. The second-order valence-electron chi connectivity index (χ2n) is 7.84. The van der Waals surface area contributed by atoms with E-state index in [1.807, 2.05) is 13.8 Å². The number of oxime groups is 1. The van der Waals surface area contributed by atoms with Crippen molar-refractivity contribution in [3.05, 3.63) is 68.7 Å². The summed E-state index contributed by atoms with van der Waals surface area (Å²) < 4.78 is 42.3. The maximum atomic E-state index is 14.1. The van der Waals surface area contributed by atoms with Gasteiger partial charge in [-0.25, -0.2) is 0 Å². The number of carbonyl (C=O) groups excluding carboxylic acids is 1. The molecule has 2 aromatic carbocycles. The molecule has 0 fully saturated rings. The van der Waals surface area contributed by atoms with Gasteiger partial charge in [0.1, 0.15) is 0 Å². The fraction of sp³-hybridized carbons (Fsp3) is 0.364. The molecule has 1 atom stereocenters. The van der Waals surface area contributed by atoms with E-state index >= 15 is 0 Å². The van der Waals surface area contributed by atoms with Gasteiger partial charge in [-0.05, 0) is 48.2 Å². The predicted molar refractivity (Wildman–Crippen MR) is 111 cm³/mol. The smallest absolute Gasteiger partial charge is 0.374 e. The summed E-state index contributed by atoms with van der Waals surface area (Å²) in [4.78, 5) is 17.4. The van der Waals surface area contributed by atoms with Gasteiger partial charge in [-0.2, -0.15) is 13.2 Å². The van der Waals surface area contributed by atoms with Gasteiger partial charge in [0.2, 0.25) is 0 Å². The first-order valence-electron chi connectivity index (χ1n) is 9.35. The minimum Gasteiger partial charge on any atom is -0.374 e. The fourth-order valence-corrected chi connectivity index (χ4v) is 4.01. The number of rotatable bonds is 5. The van der Waals surface area contributed by atoms with Crippen LogP contribution in [0.2, 0.25) is 10.0 Å². The topological polar surface area (TPSA) is 38.7 Å². The molecule has 30 heavy (non-hydrogen) atoms. The van der Waals surface area contributed by atoms with Gasteiger partial charge in [-0.1, -0.05) is 54.3 Å². The van der Waals surface area contributed by atoms with Crippen molar-refractivity contribution < 1.29 is 22.8 Å². The lowest BCUT2D eigenvalue weighted by molar-refractivity contribution is -0.275. The Morgan fingerprint density at radius 1 is 1.17 bits per heavy atom. The van der Waals surface area contributed by atoms with Gasteiger partial charge < -0.3 is 4.84 Å². The van der Waals surface area contributed by atoms with Gasteiger partial charge >= 0.3 is 6.18 Å². The van der Waals surface area contributed by atoms with Crippen molar-refractivity contribution in [2.45, 2.75) is 45.4 Å². The quantitative estimate of drug-likeness (QED) is 0.448. The lowest BCUT2D eigenvalue weighted by Crippen LogP contribution is -2.42. The van der Waals surface area contributed by atoms with Gasteiger partial charge in [0, 0.05) is 34.0 Å². The van der Waals surface area contributed by atoms with Crippen LogP contribution in [0.15, 0.2) is 41.6 Å². The lowest BCUT2D eigenvalue weighted by atomic mass is 9.86. The molecule has 2 aromatic rings. The van der Waals surface area contributed by atoms with Crippen LogP contribution < -0.4 is 0 Å². The Bertz CT molecular complexity index is 998. The molecule has 0 aliphatic carbocycles. The Balaban J connectivity index is 1.95. The average molecular weight is 458 g/mol. The maximum absolute atomic E-state index is 14.1. The van der Waals surface area contributed by atoms with E-state index in [-0.39, 0.29) is 33.0 Å². The molecule has 0 radical (unpaired) electrons. The number of nitrogens with zero attached hydrogens (tertiary/aromatic N) is 1. The number of Topliss-reactive ketones (excluding diaryl/α,β-unsaturated/α-hetero) is 1. The summed E-state index contributed by atoms with van der Waals surface area (Å²) >= 11 is 11.8. The van der Waals surface area contributed by atoms with Crippen LogP contribution in [0.3, 0.4) is 0 Å². The molecule has 1 aliphatic heterocycles. The predicted octanol–water partition coefficient (Wildman–Crippen LogP) is 7.11. The molecule has 160 valence electrons. The molecule has 0 saturated carbocycles. The molecule has 0 amide bonds. The molecule has 3 rings (SSSR count). The van der Waals surface area contributed by atoms with Crippen molar-refractivity contribution in [3.8, 4) is 0 Å². The molecule has 1 aliphatic rings. The average Bonchev–Trinajstić information content (AvgIpc) is 3.06. The minimum atomic E-state index is -4.76. The van der Waals surface area contributed by atoms with Crippen molar-refractivity contribution in [3.63, 3.8) is 0 Å². The van der Waals surface area contributed by atoms with Crippen molar-refractivity contribution in [2.75, 3.05) is 0 Å². The molecular weight excluding hydrogens is 438 g/mol. The molecule has 0 saturated heterocycles. The van der Waals surface area contributed by atoms with Gasteiger partial charge in [0.05, 0.1) is 5.71 Å². The highest BCUT2D eigenvalue weighted by molar-refractivity contribution is 6.34. The van der Waals surface area contributed by atoms with E-state index in [2.05, 4.69) is 5.16 Å². The third kappa shape index (κ3) is 4.35. The summed E-state index contributed by atoms with van der Waals surface area (Å²) in [5.74, 6) is 0.206. The Labute approximate surface area is 182 Å². The second kappa shape index (κ2) is 8.23. The molecule has 1 heterocycles. The Kier molecular flexibility index (Phi) is 6.21. The number of aryl methyl sites for hydroxylation is 1. The van der Waals surface area contributed by atoms with Crippen molar-refractivity contribution >= 4 is 34.7 Å². The summed E-state index contributed by atoms with van der Waals surface area (Å²) in [7, 11) is 0. The zero-order valence-corrected chi connectivity index (χ0v) is 18.1. The molecule has 1 unspecified atom stereocenters. The maximum Gasteiger partial charge on any atom is 0.435 e.